The van der Waals surface area contributed by atoms with Crippen LogP contribution < -0.4 is 16.4 Å². The van der Waals surface area contributed by atoms with Crippen LogP contribution in [0.4, 0.5) is 10.1 Å². The minimum atomic E-state index is -0.249. The van der Waals surface area contributed by atoms with E-state index in [0.29, 0.717) is 12.1 Å². The van der Waals surface area contributed by atoms with Crippen LogP contribution in [0.2, 0.25) is 0 Å². The number of halogens is 1. The Bertz CT molecular complexity index is 595. The van der Waals surface area contributed by atoms with Gasteiger partial charge in [-0.25, -0.2) is 9.38 Å². The monoisotopic (exact) mass is 347 g/mol. The lowest BCUT2D eigenvalue weighted by atomic mass is 9.91. The van der Waals surface area contributed by atoms with Gasteiger partial charge >= 0.3 is 0 Å². The van der Waals surface area contributed by atoms with E-state index in [2.05, 4.69) is 29.4 Å². The van der Waals surface area contributed by atoms with Gasteiger partial charge in [0.2, 0.25) is 0 Å². The van der Waals surface area contributed by atoms with Gasteiger partial charge in [0.25, 0.3) is 0 Å². The average Bonchev–Trinajstić information content (AvgIpc) is 2.55. The Morgan fingerprint density at radius 1 is 1.24 bits per heavy atom. The summed E-state index contributed by atoms with van der Waals surface area (Å²) in [6, 6.07) is 7.53. The third-order valence-corrected chi connectivity index (χ3v) is 5.01. The zero-order valence-electron chi connectivity index (χ0n) is 15.2. The van der Waals surface area contributed by atoms with E-state index in [1.54, 1.807) is 6.07 Å². The highest BCUT2D eigenvalue weighted by Crippen LogP contribution is 2.21. The molecule has 4 N–H and O–H groups in total. The molecule has 4 atom stereocenters. The average molecular weight is 347 g/mol. The van der Waals surface area contributed by atoms with Crippen LogP contribution in [0.25, 0.3) is 0 Å². The summed E-state index contributed by atoms with van der Waals surface area (Å²) in [6.07, 6.45) is 4.40. The maximum absolute atomic E-state index is 13.6. The molecule has 5 nitrogen and oxygen atoms in total. The van der Waals surface area contributed by atoms with E-state index in [-0.39, 0.29) is 17.9 Å². The lowest BCUT2D eigenvalue weighted by Gasteiger charge is -2.39. The molecule has 1 aliphatic carbocycles. The molecule has 0 amide bonds. The minimum absolute atomic E-state index is 0.107. The van der Waals surface area contributed by atoms with Crippen molar-refractivity contribution in [2.24, 2.45) is 10.7 Å². The Morgan fingerprint density at radius 3 is 2.64 bits per heavy atom. The number of anilines is 1. The van der Waals surface area contributed by atoms with Gasteiger partial charge in [-0.15, -0.1) is 0 Å². The largest absolute Gasteiger partial charge is 0.340 e. The second-order valence-corrected chi connectivity index (χ2v) is 7.48. The van der Waals surface area contributed by atoms with Gasteiger partial charge < -0.3 is 21.3 Å². The molecule has 2 aliphatic rings. The Hall–Kier alpha value is -1.66. The quantitative estimate of drug-likeness (QED) is 0.568. The first-order chi connectivity index (χ1) is 12.0. The number of hydrogen-bond donors (Lipinski definition) is 3. The summed E-state index contributed by atoms with van der Waals surface area (Å²) in [5.74, 6) is 0.564. The highest BCUT2D eigenvalue weighted by molar-refractivity contribution is 5.94. The zero-order valence-corrected chi connectivity index (χ0v) is 15.2. The summed E-state index contributed by atoms with van der Waals surface area (Å²) in [6.45, 7) is 6.09. The molecule has 25 heavy (non-hydrogen) atoms. The Labute approximate surface area is 149 Å². The fraction of sp³-hybridized carbons (Fsp3) is 0.632. The topological polar surface area (TPSA) is 65.7 Å². The predicted molar refractivity (Wildman–Crippen MR) is 101 cm³/mol. The van der Waals surface area contributed by atoms with Crippen molar-refractivity contribution < 1.29 is 4.39 Å². The molecule has 1 heterocycles. The number of aliphatic imine (C=N–C) groups is 1. The Balaban J connectivity index is 1.84. The second kappa shape index (κ2) is 8.15. The third kappa shape index (κ3) is 4.92. The Kier molecular flexibility index (Phi) is 5.91. The molecule has 1 saturated heterocycles. The van der Waals surface area contributed by atoms with E-state index in [9.17, 15) is 4.39 Å². The number of guanidine groups is 1. The highest BCUT2D eigenvalue weighted by atomic mass is 19.1. The van der Waals surface area contributed by atoms with Crippen LogP contribution in [0.3, 0.4) is 0 Å². The normalized spacial score (nSPS) is 31.0. The van der Waals surface area contributed by atoms with Crippen molar-refractivity contribution >= 4 is 11.6 Å². The van der Waals surface area contributed by atoms with Crippen LogP contribution in [0.1, 0.15) is 39.5 Å². The van der Waals surface area contributed by atoms with Crippen molar-refractivity contribution in [3.05, 3.63) is 30.1 Å². The van der Waals surface area contributed by atoms with Gasteiger partial charge in [0.15, 0.2) is 5.96 Å². The van der Waals surface area contributed by atoms with Crippen molar-refractivity contribution in [3.8, 4) is 0 Å². The molecule has 2 fully saturated rings. The van der Waals surface area contributed by atoms with Gasteiger partial charge in [-0.2, -0.15) is 0 Å². The summed E-state index contributed by atoms with van der Waals surface area (Å²) in [7, 11) is 0. The predicted octanol–water partition coefficient (Wildman–Crippen LogP) is 2.55. The molecule has 0 aromatic heterocycles. The standard InChI is InChI=1S/C19H30FN5/c1-13-11-25(12-14(2)22-13)19(23-16-7-5-6-15(20)10-16)24-18-9-4-3-8-17(18)21/h5-7,10,13-14,17-18,22H,3-4,8-9,11-12,21H2,1-2H3,(H,23,24)/t13?,14?,17-,18-/m0/s1. The summed E-state index contributed by atoms with van der Waals surface area (Å²) >= 11 is 0. The second-order valence-electron chi connectivity index (χ2n) is 7.48. The van der Waals surface area contributed by atoms with Gasteiger partial charge in [-0.1, -0.05) is 18.9 Å². The molecule has 3 rings (SSSR count). The number of rotatable bonds is 2. The molecule has 1 aliphatic heterocycles. The van der Waals surface area contributed by atoms with E-state index >= 15 is 0 Å². The summed E-state index contributed by atoms with van der Waals surface area (Å²) in [5, 5.41) is 6.89. The first kappa shape index (κ1) is 18.1. The molecular formula is C19H30FN5. The molecule has 1 aromatic carbocycles. The van der Waals surface area contributed by atoms with E-state index in [1.165, 1.54) is 25.0 Å². The highest BCUT2D eigenvalue weighted by Gasteiger charge is 2.27. The van der Waals surface area contributed by atoms with E-state index in [1.807, 2.05) is 6.07 Å². The third-order valence-electron chi connectivity index (χ3n) is 5.01. The lowest BCUT2D eigenvalue weighted by molar-refractivity contribution is 0.252. The van der Waals surface area contributed by atoms with Gasteiger partial charge in [0, 0.05) is 36.9 Å². The molecular weight excluding hydrogens is 317 g/mol. The van der Waals surface area contributed by atoms with E-state index in [4.69, 9.17) is 10.7 Å². The SMILES string of the molecule is CC1CN(C(=N[C@H]2CCCC[C@@H]2N)Nc2cccc(F)c2)CC(C)N1. The molecule has 138 valence electrons. The molecule has 1 saturated carbocycles. The van der Waals surface area contributed by atoms with Crippen molar-refractivity contribution in [3.63, 3.8) is 0 Å². The maximum Gasteiger partial charge on any atom is 0.198 e. The van der Waals surface area contributed by atoms with E-state index < -0.39 is 0 Å². The molecule has 0 bridgehead atoms. The molecule has 6 heteroatoms. The number of piperazine rings is 1. The maximum atomic E-state index is 13.6. The number of nitrogens with two attached hydrogens (primary N) is 1. The first-order valence-corrected chi connectivity index (χ1v) is 9.38. The van der Waals surface area contributed by atoms with Gasteiger partial charge in [0.1, 0.15) is 5.82 Å². The van der Waals surface area contributed by atoms with Crippen molar-refractivity contribution in [2.75, 3.05) is 18.4 Å². The van der Waals surface area contributed by atoms with Crippen LogP contribution in [0, 0.1) is 5.82 Å². The van der Waals surface area contributed by atoms with Crippen LogP contribution >= 0.6 is 0 Å². The number of nitrogens with one attached hydrogen (secondary N) is 2. The van der Waals surface area contributed by atoms with Crippen molar-refractivity contribution in [1.29, 1.82) is 0 Å². The summed E-state index contributed by atoms with van der Waals surface area (Å²) < 4.78 is 13.6. The smallest absolute Gasteiger partial charge is 0.198 e. The van der Waals surface area contributed by atoms with Crippen molar-refractivity contribution in [1.82, 2.24) is 10.2 Å². The number of benzene rings is 1. The van der Waals surface area contributed by atoms with Crippen LogP contribution in [0.5, 0.6) is 0 Å². The van der Waals surface area contributed by atoms with Crippen LogP contribution in [-0.4, -0.2) is 48.1 Å². The van der Waals surface area contributed by atoms with Crippen LogP contribution in [0.15, 0.2) is 29.3 Å². The lowest BCUT2D eigenvalue weighted by Crippen LogP contribution is -2.57. The summed E-state index contributed by atoms with van der Waals surface area (Å²) in [4.78, 5) is 7.25. The molecule has 2 unspecified atom stereocenters. The molecule has 0 spiro atoms. The van der Waals surface area contributed by atoms with E-state index in [0.717, 1.165) is 37.6 Å². The van der Waals surface area contributed by atoms with Gasteiger partial charge in [-0.3, -0.25) is 0 Å². The molecule has 1 aromatic rings. The van der Waals surface area contributed by atoms with Gasteiger partial charge in [-0.05, 0) is 44.9 Å². The van der Waals surface area contributed by atoms with Crippen LogP contribution in [-0.2, 0) is 0 Å². The molecule has 0 radical (unpaired) electrons. The summed E-state index contributed by atoms with van der Waals surface area (Å²) in [5.41, 5.74) is 7.03. The first-order valence-electron chi connectivity index (χ1n) is 9.38. The fourth-order valence-corrected chi connectivity index (χ4v) is 3.85. The minimum Gasteiger partial charge on any atom is -0.340 e. The fourth-order valence-electron chi connectivity index (χ4n) is 3.85. The number of hydrogen-bond acceptors (Lipinski definition) is 3. The Morgan fingerprint density at radius 2 is 1.96 bits per heavy atom. The van der Waals surface area contributed by atoms with Crippen molar-refractivity contribution in [2.45, 2.75) is 63.7 Å². The van der Waals surface area contributed by atoms with Gasteiger partial charge in [0.05, 0.1) is 6.04 Å². The zero-order chi connectivity index (χ0) is 17.8. The number of nitrogens with zero attached hydrogens (tertiary/aromatic N) is 2.